The first-order valence-corrected chi connectivity index (χ1v) is 5.26. The van der Waals surface area contributed by atoms with E-state index < -0.39 is 23.0 Å². The third-order valence-electron chi connectivity index (χ3n) is 2.11. The molecule has 0 fully saturated rings. The smallest absolute Gasteiger partial charge is 0.420 e. The lowest BCUT2D eigenvalue weighted by Gasteiger charge is -2.21. The molecule has 6 heteroatoms. The zero-order chi connectivity index (χ0) is 13.4. The summed E-state index contributed by atoms with van der Waals surface area (Å²) in [6.07, 6.45) is -4.54. The highest BCUT2D eigenvalue weighted by molar-refractivity contribution is 6.30. The number of phenols is 1. The van der Waals surface area contributed by atoms with Gasteiger partial charge in [0.1, 0.15) is 5.75 Å². The number of hydrogen-bond acceptors (Lipinski definition) is 2. The summed E-state index contributed by atoms with van der Waals surface area (Å²) in [4.78, 5) is 0. The number of halogens is 4. The first-order chi connectivity index (χ1) is 7.50. The molecule has 0 unspecified atom stereocenters. The van der Waals surface area contributed by atoms with E-state index in [9.17, 15) is 18.3 Å². The maximum atomic E-state index is 12.6. The molecule has 0 heterocycles. The highest BCUT2D eigenvalue weighted by Crippen LogP contribution is 2.40. The van der Waals surface area contributed by atoms with Crippen molar-refractivity contribution in [3.63, 3.8) is 0 Å². The number of aromatic hydroxyl groups is 1. The Bertz CT molecular complexity index is 424. The average molecular weight is 268 g/mol. The third-order valence-corrected chi connectivity index (χ3v) is 2.32. The van der Waals surface area contributed by atoms with Gasteiger partial charge in [0.05, 0.1) is 5.56 Å². The van der Waals surface area contributed by atoms with Crippen LogP contribution in [0.2, 0.25) is 5.02 Å². The van der Waals surface area contributed by atoms with Crippen LogP contribution in [-0.2, 0) is 12.6 Å². The SMILES string of the molecule is CC(C)(N)Cc1cc(Cl)cc(C(F)(F)F)c1O. The zero-order valence-electron chi connectivity index (χ0n) is 9.40. The van der Waals surface area contributed by atoms with E-state index in [1.165, 1.54) is 6.07 Å². The molecule has 0 radical (unpaired) electrons. The van der Waals surface area contributed by atoms with Gasteiger partial charge < -0.3 is 10.8 Å². The zero-order valence-corrected chi connectivity index (χ0v) is 10.2. The number of hydrogen-bond donors (Lipinski definition) is 2. The van der Waals surface area contributed by atoms with Crippen LogP contribution in [0.4, 0.5) is 13.2 Å². The van der Waals surface area contributed by atoms with Crippen LogP contribution in [0.15, 0.2) is 12.1 Å². The van der Waals surface area contributed by atoms with E-state index in [0.29, 0.717) is 6.07 Å². The van der Waals surface area contributed by atoms with Crippen LogP contribution in [0, 0.1) is 0 Å². The second kappa shape index (κ2) is 4.38. The molecule has 0 saturated carbocycles. The number of alkyl halides is 3. The van der Waals surface area contributed by atoms with Crippen molar-refractivity contribution in [2.45, 2.75) is 32.0 Å². The first kappa shape index (κ1) is 14.1. The van der Waals surface area contributed by atoms with Crippen molar-refractivity contribution in [2.24, 2.45) is 5.73 Å². The number of rotatable bonds is 2. The van der Waals surface area contributed by atoms with Gasteiger partial charge in [0.2, 0.25) is 0 Å². The lowest BCUT2D eigenvalue weighted by atomic mass is 9.94. The van der Waals surface area contributed by atoms with Crippen LogP contribution in [-0.4, -0.2) is 10.6 Å². The van der Waals surface area contributed by atoms with Crippen molar-refractivity contribution < 1.29 is 18.3 Å². The molecule has 0 amide bonds. The molecular formula is C11H13ClF3NO. The van der Waals surface area contributed by atoms with E-state index in [0.717, 1.165) is 0 Å². The highest BCUT2D eigenvalue weighted by Gasteiger charge is 2.35. The predicted molar refractivity (Wildman–Crippen MR) is 60.1 cm³/mol. The molecule has 0 bridgehead atoms. The molecule has 0 aliphatic carbocycles. The van der Waals surface area contributed by atoms with Gasteiger partial charge in [-0.1, -0.05) is 11.6 Å². The van der Waals surface area contributed by atoms with Crippen molar-refractivity contribution in [1.29, 1.82) is 0 Å². The largest absolute Gasteiger partial charge is 0.507 e. The Morgan fingerprint density at radius 1 is 1.29 bits per heavy atom. The molecular weight excluding hydrogens is 255 g/mol. The number of phenolic OH excluding ortho intramolecular Hbond substituents is 1. The topological polar surface area (TPSA) is 46.2 Å². The minimum atomic E-state index is -4.64. The van der Waals surface area contributed by atoms with Gasteiger partial charge in [0.15, 0.2) is 0 Å². The van der Waals surface area contributed by atoms with Crippen molar-refractivity contribution in [3.8, 4) is 5.75 Å². The normalized spacial score (nSPS) is 12.9. The Morgan fingerprint density at radius 3 is 2.24 bits per heavy atom. The van der Waals surface area contributed by atoms with Gasteiger partial charge in [0.25, 0.3) is 0 Å². The van der Waals surface area contributed by atoms with Crippen LogP contribution < -0.4 is 5.73 Å². The quantitative estimate of drug-likeness (QED) is 0.863. The van der Waals surface area contributed by atoms with Gasteiger partial charge in [-0.25, -0.2) is 0 Å². The summed E-state index contributed by atoms with van der Waals surface area (Å²) in [5.74, 6) is -0.805. The molecule has 1 rings (SSSR count). The van der Waals surface area contributed by atoms with Crippen molar-refractivity contribution in [3.05, 3.63) is 28.3 Å². The van der Waals surface area contributed by atoms with Crippen molar-refractivity contribution in [1.82, 2.24) is 0 Å². The summed E-state index contributed by atoms with van der Waals surface area (Å²) in [6.45, 7) is 3.31. The van der Waals surface area contributed by atoms with Gasteiger partial charge in [-0.15, -0.1) is 0 Å². The molecule has 0 aliphatic rings. The van der Waals surface area contributed by atoms with E-state index in [1.54, 1.807) is 13.8 Å². The van der Waals surface area contributed by atoms with Gasteiger partial charge in [0, 0.05) is 10.6 Å². The first-order valence-electron chi connectivity index (χ1n) is 4.88. The highest BCUT2D eigenvalue weighted by atomic mass is 35.5. The molecule has 0 saturated heterocycles. The second-order valence-corrected chi connectivity index (χ2v) is 5.06. The second-order valence-electron chi connectivity index (χ2n) is 4.62. The van der Waals surface area contributed by atoms with E-state index in [1.807, 2.05) is 0 Å². The van der Waals surface area contributed by atoms with Crippen LogP contribution in [0.5, 0.6) is 5.75 Å². The maximum Gasteiger partial charge on any atom is 0.420 e. The van der Waals surface area contributed by atoms with E-state index in [2.05, 4.69) is 0 Å². The fourth-order valence-corrected chi connectivity index (χ4v) is 1.74. The Morgan fingerprint density at radius 2 is 1.82 bits per heavy atom. The summed E-state index contributed by atoms with van der Waals surface area (Å²) in [5.41, 5.74) is 3.94. The standard InChI is InChI=1S/C11H13ClF3NO/c1-10(2,16)5-6-3-7(12)4-8(9(6)17)11(13,14)15/h3-4,17H,5,16H2,1-2H3. The summed E-state index contributed by atoms with van der Waals surface area (Å²) in [7, 11) is 0. The monoisotopic (exact) mass is 267 g/mol. The Hall–Kier alpha value is -0.940. The average Bonchev–Trinajstić information content (AvgIpc) is 2.06. The lowest BCUT2D eigenvalue weighted by molar-refractivity contribution is -0.138. The van der Waals surface area contributed by atoms with Crippen molar-refractivity contribution in [2.75, 3.05) is 0 Å². The maximum absolute atomic E-state index is 12.6. The van der Waals surface area contributed by atoms with E-state index in [4.69, 9.17) is 17.3 Å². The fourth-order valence-electron chi connectivity index (χ4n) is 1.50. The number of benzene rings is 1. The molecule has 0 aromatic heterocycles. The lowest BCUT2D eigenvalue weighted by Crippen LogP contribution is -2.34. The molecule has 2 nitrogen and oxygen atoms in total. The summed E-state index contributed by atoms with van der Waals surface area (Å²) in [5, 5.41) is 9.50. The molecule has 1 aromatic rings. The van der Waals surface area contributed by atoms with Crippen LogP contribution in [0.25, 0.3) is 0 Å². The molecule has 96 valence electrons. The van der Waals surface area contributed by atoms with Crippen LogP contribution in [0.3, 0.4) is 0 Å². The predicted octanol–water partition coefficient (Wildman–Crippen LogP) is 3.34. The summed E-state index contributed by atoms with van der Waals surface area (Å²) < 4.78 is 37.8. The van der Waals surface area contributed by atoms with Gasteiger partial charge in [-0.05, 0) is 38.0 Å². The minimum Gasteiger partial charge on any atom is -0.507 e. The Labute approximate surface area is 102 Å². The van der Waals surface area contributed by atoms with Crippen molar-refractivity contribution >= 4 is 11.6 Å². The van der Waals surface area contributed by atoms with Gasteiger partial charge in [-0.2, -0.15) is 13.2 Å². The van der Waals surface area contributed by atoms with E-state index in [-0.39, 0.29) is 17.0 Å². The molecule has 3 N–H and O–H groups in total. The summed E-state index contributed by atoms with van der Waals surface area (Å²) >= 11 is 5.60. The Balaban J connectivity index is 3.29. The fraction of sp³-hybridized carbons (Fsp3) is 0.455. The molecule has 17 heavy (non-hydrogen) atoms. The minimum absolute atomic E-state index is 0.0747. The molecule has 0 spiro atoms. The van der Waals surface area contributed by atoms with Crippen LogP contribution >= 0.6 is 11.6 Å². The Kier molecular flexibility index (Phi) is 3.64. The van der Waals surface area contributed by atoms with Gasteiger partial charge >= 0.3 is 6.18 Å². The van der Waals surface area contributed by atoms with Crippen LogP contribution in [0.1, 0.15) is 25.0 Å². The van der Waals surface area contributed by atoms with Gasteiger partial charge in [-0.3, -0.25) is 0 Å². The molecule has 1 aromatic carbocycles. The van der Waals surface area contributed by atoms with E-state index >= 15 is 0 Å². The molecule has 0 aliphatic heterocycles. The number of nitrogens with two attached hydrogens (primary N) is 1. The molecule has 0 atom stereocenters. The third kappa shape index (κ3) is 3.78. The summed E-state index contributed by atoms with van der Waals surface area (Å²) in [6, 6.07) is 1.99.